The lowest BCUT2D eigenvalue weighted by molar-refractivity contribution is -0.139. The van der Waals surface area contributed by atoms with Crippen molar-refractivity contribution >= 4 is 27.5 Å². The highest BCUT2D eigenvalue weighted by Crippen LogP contribution is 2.32. The molecule has 4 aromatic rings. The standard InChI is InChI=1S/C33H34FN3O5S/c1-24-13-19-28(20-14-24)43(40,41)37(29-11-7-8-12-31(29)42-3)23-32(38)36(22-26-15-17-27(34)18-16-26)30(33(39)35-2)21-25-9-5-4-6-10-25/h4-20,30H,21-23H2,1-3H3,(H,35,39)/t30-/m0/s1. The number of sulfonamides is 1. The van der Waals surface area contributed by atoms with Crippen molar-refractivity contribution in [2.75, 3.05) is 25.0 Å². The van der Waals surface area contributed by atoms with Crippen LogP contribution in [0.3, 0.4) is 0 Å². The maximum Gasteiger partial charge on any atom is 0.264 e. The van der Waals surface area contributed by atoms with Crippen molar-refractivity contribution in [3.05, 3.63) is 126 Å². The number of nitrogens with one attached hydrogen (secondary N) is 1. The molecule has 1 N–H and O–H groups in total. The van der Waals surface area contributed by atoms with Crippen molar-refractivity contribution in [3.8, 4) is 5.75 Å². The van der Waals surface area contributed by atoms with Crippen LogP contribution in [-0.2, 0) is 32.6 Å². The van der Waals surface area contributed by atoms with Gasteiger partial charge in [0.25, 0.3) is 10.0 Å². The smallest absolute Gasteiger partial charge is 0.264 e. The number of para-hydroxylation sites is 2. The maximum atomic E-state index is 14.3. The first-order valence-corrected chi connectivity index (χ1v) is 15.1. The Hall–Kier alpha value is -4.70. The normalized spacial score (nSPS) is 11.8. The zero-order chi connectivity index (χ0) is 31.0. The van der Waals surface area contributed by atoms with Crippen molar-refractivity contribution in [1.29, 1.82) is 0 Å². The number of halogens is 1. The summed E-state index contributed by atoms with van der Waals surface area (Å²) >= 11 is 0. The van der Waals surface area contributed by atoms with E-state index < -0.39 is 40.2 Å². The first-order valence-electron chi connectivity index (χ1n) is 13.7. The molecule has 0 aliphatic carbocycles. The van der Waals surface area contributed by atoms with Crippen LogP contribution in [0, 0.1) is 12.7 Å². The summed E-state index contributed by atoms with van der Waals surface area (Å²) in [4.78, 5) is 28.9. The Morgan fingerprint density at radius 3 is 2.12 bits per heavy atom. The van der Waals surface area contributed by atoms with Gasteiger partial charge in [0, 0.05) is 20.0 Å². The van der Waals surface area contributed by atoms with Gasteiger partial charge in [0.15, 0.2) is 0 Å². The minimum absolute atomic E-state index is 0.00553. The number of methoxy groups -OCH3 is 1. The van der Waals surface area contributed by atoms with E-state index in [1.165, 1.54) is 55.5 Å². The molecule has 0 unspecified atom stereocenters. The van der Waals surface area contributed by atoms with E-state index in [-0.39, 0.29) is 29.3 Å². The highest BCUT2D eigenvalue weighted by atomic mass is 32.2. The molecule has 0 radical (unpaired) electrons. The van der Waals surface area contributed by atoms with Crippen molar-refractivity contribution in [1.82, 2.24) is 10.2 Å². The number of ether oxygens (including phenoxy) is 1. The Balaban J connectivity index is 1.81. The average Bonchev–Trinajstić information content (AvgIpc) is 3.02. The van der Waals surface area contributed by atoms with Crippen LogP contribution in [0.25, 0.3) is 0 Å². The minimum Gasteiger partial charge on any atom is -0.495 e. The molecule has 1 atom stereocenters. The number of hydrogen-bond acceptors (Lipinski definition) is 5. The fourth-order valence-electron chi connectivity index (χ4n) is 4.69. The summed E-state index contributed by atoms with van der Waals surface area (Å²) in [7, 11) is -1.37. The summed E-state index contributed by atoms with van der Waals surface area (Å²) in [5.74, 6) is -1.25. The summed E-state index contributed by atoms with van der Waals surface area (Å²) in [6.07, 6.45) is 0.173. The second kappa shape index (κ2) is 14.0. The number of carbonyl (C=O) groups excluding carboxylic acids is 2. The molecule has 0 aliphatic rings. The van der Waals surface area contributed by atoms with Gasteiger partial charge < -0.3 is 15.0 Å². The van der Waals surface area contributed by atoms with Crippen LogP contribution >= 0.6 is 0 Å². The fourth-order valence-corrected chi connectivity index (χ4v) is 6.12. The fraction of sp³-hybridized carbons (Fsp3) is 0.212. The minimum atomic E-state index is -4.27. The van der Waals surface area contributed by atoms with E-state index in [1.807, 2.05) is 37.3 Å². The van der Waals surface area contributed by atoms with Gasteiger partial charge in [-0.15, -0.1) is 0 Å². The Morgan fingerprint density at radius 1 is 0.860 bits per heavy atom. The number of aryl methyl sites for hydroxylation is 1. The number of hydrogen-bond donors (Lipinski definition) is 1. The highest BCUT2D eigenvalue weighted by Gasteiger charge is 2.35. The molecular weight excluding hydrogens is 569 g/mol. The number of anilines is 1. The van der Waals surface area contributed by atoms with Crippen LogP contribution < -0.4 is 14.4 Å². The van der Waals surface area contributed by atoms with Crippen molar-refractivity contribution in [2.24, 2.45) is 0 Å². The predicted octanol–water partition coefficient (Wildman–Crippen LogP) is 4.72. The lowest BCUT2D eigenvalue weighted by atomic mass is 10.0. The molecule has 0 fully saturated rings. The van der Waals surface area contributed by atoms with Crippen molar-refractivity contribution in [3.63, 3.8) is 0 Å². The van der Waals surface area contributed by atoms with E-state index >= 15 is 0 Å². The number of rotatable bonds is 12. The van der Waals surface area contributed by atoms with Crippen LogP contribution in [0.1, 0.15) is 16.7 Å². The van der Waals surface area contributed by atoms with Crippen LogP contribution in [0.15, 0.2) is 108 Å². The quantitative estimate of drug-likeness (QED) is 0.253. The second-order valence-corrected chi connectivity index (χ2v) is 11.8. The molecular formula is C33H34FN3O5S. The largest absolute Gasteiger partial charge is 0.495 e. The number of nitrogens with zero attached hydrogens (tertiary/aromatic N) is 2. The van der Waals surface area contributed by atoms with Gasteiger partial charge in [0.2, 0.25) is 11.8 Å². The molecule has 4 aromatic carbocycles. The van der Waals surface area contributed by atoms with Gasteiger partial charge in [0.05, 0.1) is 17.7 Å². The second-order valence-electron chi connectivity index (χ2n) is 9.96. The van der Waals surface area contributed by atoms with Crippen LogP contribution in [0.5, 0.6) is 5.75 Å². The molecule has 0 aromatic heterocycles. The van der Waals surface area contributed by atoms with E-state index in [2.05, 4.69) is 5.32 Å². The SMILES string of the molecule is CNC(=O)[C@H](Cc1ccccc1)N(Cc1ccc(F)cc1)C(=O)CN(c1ccccc1OC)S(=O)(=O)c1ccc(C)cc1. The third kappa shape index (κ3) is 7.58. The number of benzene rings is 4. The number of carbonyl (C=O) groups is 2. The zero-order valence-electron chi connectivity index (χ0n) is 24.2. The van der Waals surface area contributed by atoms with E-state index in [1.54, 1.807) is 36.4 Å². The molecule has 2 amide bonds. The Labute approximate surface area is 251 Å². The Kier molecular flexibility index (Phi) is 10.2. The van der Waals surface area contributed by atoms with Gasteiger partial charge >= 0.3 is 0 Å². The molecule has 0 saturated carbocycles. The summed E-state index contributed by atoms with van der Waals surface area (Å²) in [6, 6.07) is 26.6. The molecule has 43 heavy (non-hydrogen) atoms. The first kappa shape index (κ1) is 31.2. The molecule has 4 rings (SSSR count). The van der Waals surface area contributed by atoms with E-state index in [9.17, 15) is 22.4 Å². The van der Waals surface area contributed by atoms with Gasteiger partial charge in [0.1, 0.15) is 24.2 Å². The van der Waals surface area contributed by atoms with E-state index in [0.717, 1.165) is 15.4 Å². The monoisotopic (exact) mass is 603 g/mol. The highest BCUT2D eigenvalue weighted by molar-refractivity contribution is 7.92. The van der Waals surface area contributed by atoms with Crippen LogP contribution in [0.2, 0.25) is 0 Å². The molecule has 10 heteroatoms. The molecule has 8 nitrogen and oxygen atoms in total. The zero-order valence-corrected chi connectivity index (χ0v) is 25.1. The van der Waals surface area contributed by atoms with Crippen LogP contribution in [0.4, 0.5) is 10.1 Å². The Bertz CT molecular complexity index is 1650. The average molecular weight is 604 g/mol. The van der Waals surface area contributed by atoms with Gasteiger partial charge in [-0.05, 0) is 54.4 Å². The van der Waals surface area contributed by atoms with Crippen molar-refractivity contribution in [2.45, 2.75) is 30.8 Å². The molecule has 0 spiro atoms. The molecule has 0 heterocycles. The molecule has 0 aliphatic heterocycles. The van der Waals surface area contributed by atoms with Crippen LogP contribution in [-0.4, -0.2) is 51.9 Å². The first-order chi connectivity index (χ1) is 20.6. The topological polar surface area (TPSA) is 96.0 Å². The molecule has 224 valence electrons. The van der Waals surface area contributed by atoms with Gasteiger partial charge in [-0.25, -0.2) is 12.8 Å². The summed E-state index contributed by atoms with van der Waals surface area (Å²) in [5.41, 5.74) is 2.42. The van der Waals surface area contributed by atoms with Crippen molar-refractivity contribution < 1.29 is 27.1 Å². The summed E-state index contributed by atoms with van der Waals surface area (Å²) in [5, 5.41) is 2.64. The molecule has 0 saturated heterocycles. The summed E-state index contributed by atoms with van der Waals surface area (Å²) < 4.78 is 48.4. The number of amides is 2. The van der Waals surface area contributed by atoms with Gasteiger partial charge in [-0.1, -0.05) is 72.3 Å². The van der Waals surface area contributed by atoms with Gasteiger partial charge in [-0.2, -0.15) is 0 Å². The third-order valence-corrected chi connectivity index (χ3v) is 8.80. The predicted molar refractivity (Wildman–Crippen MR) is 164 cm³/mol. The Morgan fingerprint density at radius 2 is 1.49 bits per heavy atom. The van der Waals surface area contributed by atoms with Gasteiger partial charge in [-0.3, -0.25) is 13.9 Å². The lowest BCUT2D eigenvalue weighted by Gasteiger charge is -2.34. The third-order valence-electron chi connectivity index (χ3n) is 7.03. The van der Waals surface area contributed by atoms with E-state index in [4.69, 9.17) is 4.74 Å². The maximum absolute atomic E-state index is 14.3. The van der Waals surface area contributed by atoms with E-state index in [0.29, 0.717) is 5.56 Å². The summed E-state index contributed by atoms with van der Waals surface area (Å²) in [6.45, 7) is 1.16. The lowest BCUT2D eigenvalue weighted by Crippen LogP contribution is -2.53. The molecule has 0 bridgehead atoms. The number of likely N-dealkylation sites (N-methyl/N-ethyl adjacent to an activating group) is 1.